The molecule has 0 unspecified atom stereocenters. The van der Waals surface area contributed by atoms with E-state index >= 15 is 0 Å². The highest BCUT2D eigenvalue weighted by Crippen LogP contribution is 2.19. The van der Waals surface area contributed by atoms with Gasteiger partial charge in [0, 0.05) is 18.3 Å². The summed E-state index contributed by atoms with van der Waals surface area (Å²) in [4.78, 5) is 4.44. The summed E-state index contributed by atoms with van der Waals surface area (Å²) in [5.74, 6) is 0. The molecule has 0 bridgehead atoms. The van der Waals surface area contributed by atoms with E-state index in [1.807, 2.05) is 6.20 Å². The maximum atomic E-state index is 4.44. The van der Waals surface area contributed by atoms with E-state index < -0.39 is 0 Å². The second kappa shape index (κ2) is 4.52. The Morgan fingerprint density at radius 1 is 1.44 bits per heavy atom. The van der Waals surface area contributed by atoms with Crippen LogP contribution in [-0.4, -0.2) is 10.5 Å². The zero-order chi connectivity index (χ0) is 11.6. The largest absolute Gasteiger partial charge is 0.308 e. The van der Waals surface area contributed by atoms with Crippen LogP contribution in [0.4, 0.5) is 0 Å². The van der Waals surface area contributed by atoms with Crippen molar-refractivity contribution in [2.75, 3.05) is 0 Å². The molecule has 0 spiro atoms. The fourth-order valence-electron chi connectivity index (χ4n) is 1.45. The van der Waals surface area contributed by atoms with Crippen LogP contribution >= 0.6 is 11.3 Å². The van der Waals surface area contributed by atoms with Crippen LogP contribution < -0.4 is 5.32 Å². The van der Waals surface area contributed by atoms with Crippen molar-refractivity contribution in [2.24, 2.45) is 0 Å². The third-order valence-electron chi connectivity index (χ3n) is 3.01. The highest BCUT2D eigenvalue weighted by Gasteiger charge is 2.13. The minimum atomic E-state index is 0.199. The number of hydrogen-bond acceptors (Lipinski definition) is 3. The van der Waals surface area contributed by atoms with E-state index in [-0.39, 0.29) is 5.54 Å². The Hall–Kier alpha value is -0.930. The first kappa shape index (κ1) is 11.6. The molecule has 2 aromatic rings. The van der Waals surface area contributed by atoms with Crippen molar-refractivity contribution < 1.29 is 0 Å². The Kier molecular flexibility index (Phi) is 3.26. The van der Waals surface area contributed by atoms with Gasteiger partial charge in [-0.05, 0) is 43.3 Å². The van der Waals surface area contributed by atoms with Gasteiger partial charge in [0.2, 0.25) is 0 Å². The van der Waals surface area contributed by atoms with Crippen molar-refractivity contribution in [3.05, 3.63) is 29.3 Å². The number of nitrogens with one attached hydrogen (secondary N) is 1. The fourth-order valence-corrected chi connectivity index (χ4v) is 2.25. The quantitative estimate of drug-likeness (QED) is 0.874. The molecule has 0 atom stereocenters. The van der Waals surface area contributed by atoms with E-state index in [2.05, 4.69) is 48.6 Å². The molecular weight excluding hydrogens is 216 g/mol. The Labute approximate surface area is 101 Å². The molecule has 2 aromatic heterocycles. The van der Waals surface area contributed by atoms with Gasteiger partial charge in [0.15, 0.2) is 0 Å². The predicted octanol–water partition coefficient (Wildman–Crippen LogP) is 3.57. The van der Waals surface area contributed by atoms with E-state index in [4.69, 9.17) is 0 Å². The second-order valence-corrected chi connectivity index (χ2v) is 5.69. The van der Waals surface area contributed by atoms with Gasteiger partial charge in [-0.2, -0.15) is 0 Å². The average Bonchev–Trinajstić information content (AvgIpc) is 2.73. The molecule has 0 saturated carbocycles. The van der Waals surface area contributed by atoms with Gasteiger partial charge in [-0.1, -0.05) is 6.92 Å². The minimum absolute atomic E-state index is 0.199. The molecule has 2 rings (SSSR count). The SMILES string of the molecule is CCC(C)(C)NCc1cnc2ccsc2c1. The molecule has 3 heteroatoms. The highest BCUT2D eigenvalue weighted by molar-refractivity contribution is 7.17. The fraction of sp³-hybridized carbons (Fsp3) is 0.462. The molecule has 0 aliphatic carbocycles. The molecule has 16 heavy (non-hydrogen) atoms. The lowest BCUT2D eigenvalue weighted by molar-refractivity contribution is 0.374. The van der Waals surface area contributed by atoms with Gasteiger partial charge in [0.25, 0.3) is 0 Å². The van der Waals surface area contributed by atoms with Crippen LogP contribution in [0.3, 0.4) is 0 Å². The van der Waals surface area contributed by atoms with Gasteiger partial charge >= 0.3 is 0 Å². The number of fused-ring (bicyclic) bond motifs is 1. The van der Waals surface area contributed by atoms with Gasteiger partial charge in [-0.15, -0.1) is 11.3 Å². The topological polar surface area (TPSA) is 24.9 Å². The lowest BCUT2D eigenvalue weighted by Crippen LogP contribution is -2.37. The standard InChI is InChI=1S/C13H18N2S/c1-4-13(2,3)15-9-10-7-12-11(14-8-10)5-6-16-12/h5-8,15H,4,9H2,1-3H3. The molecule has 2 nitrogen and oxygen atoms in total. The molecule has 0 radical (unpaired) electrons. The monoisotopic (exact) mass is 234 g/mol. The summed E-state index contributed by atoms with van der Waals surface area (Å²) in [6.45, 7) is 7.55. The number of nitrogens with zero attached hydrogens (tertiary/aromatic N) is 1. The molecule has 86 valence electrons. The zero-order valence-corrected chi connectivity index (χ0v) is 10.9. The third kappa shape index (κ3) is 2.60. The molecule has 0 aliphatic rings. The van der Waals surface area contributed by atoms with Crippen LogP contribution in [0.5, 0.6) is 0 Å². The summed E-state index contributed by atoms with van der Waals surface area (Å²) in [7, 11) is 0. The highest BCUT2D eigenvalue weighted by atomic mass is 32.1. The van der Waals surface area contributed by atoms with E-state index in [1.54, 1.807) is 11.3 Å². The Morgan fingerprint density at radius 2 is 2.25 bits per heavy atom. The number of rotatable bonds is 4. The summed E-state index contributed by atoms with van der Waals surface area (Å²) in [5, 5.41) is 5.63. The molecule has 0 saturated heterocycles. The summed E-state index contributed by atoms with van der Waals surface area (Å²) < 4.78 is 1.27. The molecular formula is C13H18N2S. The van der Waals surface area contributed by atoms with Gasteiger partial charge < -0.3 is 5.32 Å². The first-order valence-electron chi connectivity index (χ1n) is 5.68. The Balaban J connectivity index is 2.09. The zero-order valence-electron chi connectivity index (χ0n) is 10.1. The van der Waals surface area contributed by atoms with Crippen LogP contribution in [-0.2, 0) is 6.54 Å². The third-order valence-corrected chi connectivity index (χ3v) is 3.87. The lowest BCUT2D eigenvalue weighted by Gasteiger charge is -2.24. The Morgan fingerprint density at radius 3 is 3.00 bits per heavy atom. The van der Waals surface area contributed by atoms with Crippen LogP contribution in [0.2, 0.25) is 0 Å². The van der Waals surface area contributed by atoms with Crippen molar-refractivity contribution >= 4 is 21.6 Å². The molecule has 1 N–H and O–H groups in total. The maximum absolute atomic E-state index is 4.44. The molecule has 0 amide bonds. The summed E-state index contributed by atoms with van der Waals surface area (Å²) in [6.07, 6.45) is 3.09. The normalized spacial score (nSPS) is 12.2. The van der Waals surface area contributed by atoms with E-state index in [9.17, 15) is 0 Å². The van der Waals surface area contributed by atoms with Gasteiger partial charge in [-0.25, -0.2) is 0 Å². The van der Waals surface area contributed by atoms with Crippen molar-refractivity contribution in [2.45, 2.75) is 39.3 Å². The van der Waals surface area contributed by atoms with Crippen LogP contribution in [0.15, 0.2) is 23.7 Å². The van der Waals surface area contributed by atoms with Crippen molar-refractivity contribution in [1.82, 2.24) is 10.3 Å². The van der Waals surface area contributed by atoms with Crippen LogP contribution in [0.1, 0.15) is 32.8 Å². The molecule has 0 fully saturated rings. The smallest absolute Gasteiger partial charge is 0.0809 e. The van der Waals surface area contributed by atoms with Gasteiger partial charge in [0.1, 0.15) is 0 Å². The van der Waals surface area contributed by atoms with Gasteiger partial charge in [-0.3, -0.25) is 4.98 Å². The summed E-state index contributed by atoms with van der Waals surface area (Å²) in [6, 6.07) is 4.29. The maximum Gasteiger partial charge on any atom is 0.0809 e. The van der Waals surface area contributed by atoms with Crippen molar-refractivity contribution in [3.63, 3.8) is 0 Å². The summed E-state index contributed by atoms with van der Waals surface area (Å²) in [5.41, 5.74) is 2.56. The average molecular weight is 234 g/mol. The number of hydrogen-bond donors (Lipinski definition) is 1. The first-order valence-corrected chi connectivity index (χ1v) is 6.56. The Bertz CT molecular complexity index is 473. The van der Waals surface area contributed by atoms with Crippen LogP contribution in [0.25, 0.3) is 10.2 Å². The van der Waals surface area contributed by atoms with E-state index in [0.717, 1.165) is 18.5 Å². The number of pyridine rings is 1. The van der Waals surface area contributed by atoms with Gasteiger partial charge in [0.05, 0.1) is 10.2 Å². The predicted molar refractivity (Wildman–Crippen MR) is 70.8 cm³/mol. The van der Waals surface area contributed by atoms with E-state index in [1.165, 1.54) is 10.3 Å². The van der Waals surface area contributed by atoms with Crippen molar-refractivity contribution in [1.29, 1.82) is 0 Å². The van der Waals surface area contributed by atoms with Crippen LogP contribution in [0, 0.1) is 0 Å². The lowest BCUT2D eigenvalue weighted by atomic mass is 10.0. The number of thiophene rings is 1. The second-order valence-electron chi connectivity index (χ2n) is 4.74. The number of aromatic nitrogens is 1. The van der Waals surface area contributed by atoms with Crippen molar-refractivity contribution in [3.8, 4) is 0 Å². The first-order chi connectivity index (χ1) is 7.61. The molecule has 0 aliphatic heterocycles. The summed E-state index contributed by atoms with van der Waals surface area (Å²) >= 11 is 1.75. The minimum Gasteiger partial charge on any atom is -0.308 e. The van der Waals surface area contributed by atoms with E-state index in [0.29, 0.717) is 0 Å². The molecule has 0 aromatic carbocycles. The molecule has 2 heterocycles.